The van der Waals surface area contributed by atoms with Crippen molar-refractivity contribution >= 4 is 35.8 Å². The first-order valence-electron chi connectivity index (χ1n) is 9.31. The lowest BCUT2D eigenvalue weighted by Crippen LogP contribution is -2.01. The number of rotatable bonds is 9. The fraction of sp³-hybridized carbons (Fsp3) is 0.167. The fourth-order valence-corrected chi connectivity index (χ4v) is 2.26. The highest BCUT2D eigenvalue weighted by Gasteiger charge is 2.06. The number of Topliss-reactive ketones (excluding diaryl/α,β-unsaturated/α-hetero) is 1. The molecule has 0 fully saturated rings. The van der Waals surface area contributed by atoms with Gasteiger partial charge in [-0.3, -0.25) is 19.2 Å². The zero-order valence-electron chi connectivity index (χ0n) is 17.9. The Morgan fingerprint density at radius 1 is 0.812 bits per heavy atom. The Hall–Kier alpha value is -4.20. The predicted molar refractivity (Wildman–Crippen MR) is 119 cm³/mol. The smallest absolute Gasteiger partial charge is 0.192 e. The van der Waals surface area contributed by atoms with Gasteiger partial charge in [-0.2, -0.15) is 0 Å². The van der Waals surface area contributed by atoms with Gasteiger partial charge in [0.1, 0.15) is 0 Å². The summed E-state index contributed by atoms with van der Waals surface area (Å²) in [6.45, 7) is 1.22. The third-order valence-electron chi connectivity index (χ3n) is 3.85. The summed E-state index contributed by atoms with van der Waals surface area (Å²) in [6, 6.07) is 9.34. The van der Waals surface area contributed by atoms with Crippen molar-refractivity contribution < 1.29 is 38.9 Å². The van der Waals surface area contributed by atoms with Crippen LogP contribution in [-0.2, 0) is 19.2 Å². The molecule has 0 aliphatic rings. The van der Waals surface area contributed by atoms with E-state index in [9.17, 15) is 24.6 Å². The van der Waals surface area contributed by atoms with Crippen molar-refractivity contribution in [1.29, 1.82) is 0 Å². The molecule has 0 saturated heterocycles. The van der Waals surface area contributed by atoms with Crippen LogP contribution in [0, 0.1) is 0 Å². The normalized spacial score (nSPS) is 10.3. The molecule has 8 heteroatoms. The van der Waals surface area contributed by atoms with Crippen LogP contribution in [0.1, 0.15) is 24.5 Å². The number of allylic oxidation sites excluding steroid dienone is 2. The van der Waals surface area contributed by atoms with E-state index >= 15 is 0 Å². The van der Waals surface area contributed by atoms with Gasteiger partial charge in [-0.05, 0) is 47.5 Å². The van der Waals surface area contributed by atoms with Gasteiger partial charge in [-0.25, -0.2) is 0 Å². The molecule has 32 heavy (non-hydrogen) atoms. The lowest BCUT2D eigenvalue weighted by molar-refractivity contribution is -0.128. The van der Waals surface area contributed by atoms with Crippen molar-refractivity contribution in [2.45, 2.75) is 13.3 Å². The number of aldehydes is 1. The SMILES string of the molecule is CC(=O)C=O.COc1cc(/C=C/C(=O)CC(=O)/C=C/c2ccc(O)c(OC)c2)ccc1O. The van der Waals surface area contributed by atoms with E-state index in [-0.39, 0.29) is 35.8 Å². The third-order valence-corrected chi connectivity index (χ3v) is 3.85. The lowest BCUT2D eigenvalue weighted by Gasteiger charge is -2.03. The van der Waals surface area contributed by atoms with Crippen LogP contribution in [-0.4, -0.2) is 48.1 Å². The number of methoxy groups -OCH3 is 2. The summed E-state index contributed by atoms with van der Waals surface area (Å²) in [5, 5.41) is 19.1. The van der Waals surface area contributed by atoms with E-state index in [4.69, 9.17) is 14.3 Å². The van der Waals surface area contributed by atoms with Crippen molar-refractivity contribution in [3.8, 4) is 23.0 Å². The number of ketones is 3. The van der Waals surface area contributed by atoms with Crippen molar-refractivity contribution in [3.05, 3.63) is 59.7 Å². The highest BCUT2D eigenvalue weighted by Crippen LogP contribution is 2.27. The monoisotopic (exact) mass is 440 g/mol. The molecule has 0 unspecified atom stereocenters. The molecule has 0 bridgehead atoms. The van der Waals surface area contributed by atoms with Gasteiger partial charge in [0.2, 0.25) is 0 Å². The molecule has 2 aromatic carbocycles. The molecule has 0 aliphatic carbocycles. The van der Waals surface area contributed by atoms with E-state index in [1.165, 1.54) is 45.4 Å². The summed E-state index contributed by atoms with van der Waals surface area (Å²) in [6.07, 6.45) is 5.72. The maximum absolute atomic E-state index is 11.9. The highest BCUT2D eigenvalue weighted by molar-refractivity contribution is 6.23. The maximum Gasteiger partial charge on any atom is 0.192 e. The second-order valence-electron chi connectivity index (χ2n) is 6.37. The molecular weight excluding hydrogens is 416 g/mol. The minimum atomic E-state index is -0.426. The largest absolute Gasteiger partial charge is 0.504 e. The molecule has 2 aromatic rings. The zero-order valence-corrected chi connectivity index (χ0v) is 17.9. The molecule has 0 amide bonds. The number of aromatic hydroxyl groups is 2. The van der Waals surface area contributed by atoms with Crippen molar-refractivity contribution in [3.63, 3.8) is 0 Å². The van der Waals surface area contributed by atoms with E-state index in [1.54, 1.807) is 36.4 Å². The Morgan fingerprint density at radius 2 is 1.19 bits per heavy atom. The van der Waals surface area contributed by atoms with Crippen molar-refractivity contribution in [2.75, 3.05) is 14.2 Å². The molecule has 8 nitrogen and oxygen atoms in total. The number of hydrogen-bond acceptors (Lipinski definition) is 8. The molecule has 0 aromatic heterocycles. The Labute approximate surface area is 185 Å². The Balaban J connectivity index is 0.000000920. The second-order valence-corrected chi connectivity index (χ2v) is 6.37. The maximum atomic E-state index is 11.9. The average Bonchev–Trinajstić information content (AvgIpc) is 2.78. The minimum Gasteiger partial charge on any atom is -0.504 e. The van der Waals surface area contributed by atoms with Gasteiger partial charge in [0, 0.05) is 6.92 Å². The van der Waals surface area contributed by atoms with Gasteiger partial charge in [0.25, 0.3) is 0 Å². The molecule has 0 aliphatic heterocycles. The van der Waals surface area contributed by atoms with Crippen molar-refractivity contribution in [2.24, 2.45) is 0 Å². The topological polar surface area (TPSA) is 127 Å². The van der Waals surface area contributed by atoms with Gasteiger partial charge in [0.15, 0.2) is 46.6 Å². The quantitative estimate of drug-likeness (QED) is 0.263. The number of hydrogen-bond donors (Lipinski definition) is 2. The summed E-state index contributed by atoms with van der Waals surface area (Å²) < 4.78 is 10.00. The van der Waals surface area contributed by atoms with Crippen LogP contribution < -0.4 is 9.47 Å². The first-order chi connectivity index (χ1) is 15.2. The minimum absolute atomic E-state index is 0.00662. The molecule has 0 heterocycles. The van der Waals surface area contributed by atoms with E-state index in [0.29, 0.717) is 22.6 Å². The highest BCUT2D eigenvalue weighted by atomic mass is 16.5. The zero-order chi connectivity index (χ0) is 24.1. The number of benzene rings is 2. The van der Waals surface area contributed by atoms with Crippen LogP contribution in [0.15, 0.2) is 48.6 Å². The summed E-state index contributed by atoms with van der Waals surface area (Å²) in [5.41, 5.74) is 1.33. The van der Waals surface area contributed by atoms with Crippen LogP contribution in [0.25, 0.3) is 12.2 Å². The first-order valence-corrected chi connectivity index (χ1v) is 9.31. The van der Waals surface area contributed by atoms with E-state index < -0.39 is 5.78 Å². The number of carbonyl (C=O) groups excluding carboxylic acids is 4. The number of phenols is 2. The fourth-order valence-electron chi connectivity index (χ4n) is 2.26. The Morgan fingerprint density at radius 3 is 1.50 bits per heavy atom. The molecular formula is C24H24O8. The molecule has 0 spiro atoms. The molecule has 0 radical (unpaired) electrons. The first kappa shape index (κ1) is 25.8. The Kier molecular flexibility index (Phi) is 10.6. The standard InChI is InChI=1S/C21H20O6.C3H4O2/c1-26-20-11-14(5-9-18(20)24)3-7-16(22)13-17(23)8-4-15-6-10-19(25)21(12-15)27-2;1-3(5)2-4/h3-12,24-25H,13H2,1-2H3;2H,1H3/b7-3+,8-4+;. The summed E-state index contributed by atoms with van der Waals surface area (Å²) in [4.78, 5) is 42.5. The summed E-state index contributed by atoms with van der Waals surface area (Å²) in [7, 11) is 2.87. The molecule has 0 atom stereocenters. The van der Waals surface area contributed by atoms with Crippen LogP contribution in [0.5, 0.6) is 23.0 Å². The van der Waals surface area contributed by atoms with Gasteiger partial charge in [-0.1, -0.05) is 24.3 Å². The van der Waals surface area contributed by atoms with Gasteiger partial charge >= 0.3 is 0 Å². The van der Waals surface area contributed by atoms with E-state index in [0.717, 1.165) is 0 Å². The molecule has 2 N–H and O–H groups in total. The van der Waals surface area contributed by atoms with Crippen LogP contribution >= 0.6 is 0 Å². The summed E-state index contributed by atoms with van der Waals surface area (Å²) >= 11 is 0. The van der Waals surface area contributed by atoms with Gasteiger partial charge < -0.3 is 19.7 Å². The molecule has 2 rings (SSSR count). The Bertz CT molecular complexity index is 961. The predicted octanol–water partition coefficient (Wildman–Crippen LogP) is 3.14. The van der Waals surface area contributed by atoms with E-state index in [1.807, 2.05) is 0 Å². The number of phenolic OH excluding ortho intramolecular Hbond substituents is 2. The van der Waals surface area contributed by atoms with Crippen LogP contribution in [0.4, 0.5) is 0 Å². The third kappa shape index (κ3) is 9.08. The number of ether oxygens (including phenoxy) is 2. The van der Waals surface area contributed by atoms with Crippen LogP contribution in [0.3, 0.4) is 0 Å². The average molecular weight is 440 g/mol. The second kappa shape index (κ2) is 13.2. The van der Waals surface area contributed by atoms with Crippen LogP contribution in [0.2, 0.25) is 0 Å². The lowest BCUT2D eigenvalue weighted by atomic mass is 10.1. The summed E-state index contributed by atoms with van der Waals surface area (Å²) in [5.74, 6) is -0.509. The molecule has 168 valence electrons. The van der Waals surface area contributed by atoms with Gasteiger partial charge in [-0.15, -0.1) is 0 Å². The van der Waals surface area contributed by atoms with E-state index in [2.05, 4.69) is 0 Å². The van der Waals surface area contributed by atoms with Gasteiger partial charge in [0.05, 0.1) is 20.6 Å². The number of carbonyl (C=O) groups is 4. The molecule has 0 saturated carbocycles. The van der Waals surface area contributed by atoms with Crippen molar-refractivity contribution in [1.82, 2.24) is 0 Å².